The van der Waals surface area contributed by atoms with Crippen molar-refractivity contribution in [1.82, 2.24) is 4.98 Å². The van der Waals surface area contributed by atoms with E-state index in [-0.39, 0.29) is 29.0 Å². The summed E-state index contributed by atoms with van der Waals surface area (Å²) in [6, 6.07) is 12.9. The molecule has 202 valence electrons. The van der Waals surface area contributed by atoms with Crippen LogP contribution >= 0.6 is 0 Å². The molecule has 5 nitrogen and oxygen atoms in total. The number of hydrogen-bond donors (Lipinski definition) is 0. The molecule has 0 bridgehead atoms. The number of ether oxygens (including phenoxy) is 3. The first-order valence-corrected chi connectivity index (χ1v) is 13.4. The Morgan fingerprint density at radius 2 is 1.97 bits per heavy atom. The molecule has 0 unspecified atom stereocenters. The first kappa shape index (κ1) is 26.9. The van der Waals surface area contributed by atoms with Crippen molar-refractivity contribution in [3.8, 4) is 34.6 Å². The molecule has 6 heteroatoms. The van der Waals surface area contributed by atoms with Gasteiger partial charge in [-0.05, 0) is 74.1 Å². The van der Waals surface area contributed by atoms with Crippen LogP contribution in [-0.2, 0) is 16.0 Å². The number of halogens is 1. The molecular weight excluding hydrogens is 493 g/mol. The fraction of sp³-hybridized carbons (Fsp3) is 0.394. The number of nitrogens with zero attached hydrogens (tertiary/aromatic N) is 1. The minimum Gasteiger partial charge on any atom is -0.486 e. The maximum Gasteiger partial charge on any atom is 0.213 e. The van der Waals surface area contributed by atoms with Gasteiger partial charge in [0.1, 0.15) is 23.5 Å². The van der Waals surface area contributed by atoms with Crippen LogP contribution in [0.25, 0.3) is 11.1 Å². The van der Waals surface area contributed by atoms with Gasteiger partial charge in [-0.2, -0.15) is 0 Å². The second-order valence-corrected chi connectivity index (χ2v) is 11.0. The van der Waals surface area contributed by atoms with Gasteiger partial charge in [0.05, 0.1) is 25.7 Å². The van der Waals surface area contributed by atoms with E-state index in [1.807, 2.05) is 49.5 Å². The van der Waals surface area contributed by atoms with Gasteiger partial charge in [-0.1, -0.05) is 31.0 Å². The Labute approximate surface area is 229 Å². The second-order valence-electron chi connectivity index (χ2n) is 11.0. The lowest BCUT2D eigenvalue weighted by Crippen LogP contribution is -2.44. The van der Waals surface area contributed by atoms with Crippen LogP contribution in [0.5, 0.6) is 11.6 Å². The van der Waals surface area contributed by atoms with Crippen molar-refractivity contribution in [2.24, 2.45) is 5.41 Å². The molecule has 1 fully saturated rings. The minimum absolute atomic E-state index is 0.0429. The highest BCUT2D eigenvalue weighted by Crippen LogP contribution is 2.42. The minimum atomic E-state index is -0.379. The molecule has 0 spiro atoms. The predicted octanol–water partition coefficient (Wildman–Crippen LogP) is 6.76. The standard InChI is InChI=1S/C33H34FNO4/c1-5-6-24(16-22(3)36)23-7-9-25(10-8-23)39-30-14-12-27-26(11-13-29(34)32(27)30)28-17-35-31(15-21(28)2)38-20-33(4)18-37-19-33/h7-11,13,15,17,24,30H,12,14,16,18-20H2,1-4H3/t24-,30+/m0/s1. The first-order valence-electron chi connectivity index (χ1n) is 13.4. The molecule has 0 amide bonds. The quantitative estimate of drug-likeness (QED) is 0.288. The van der Waals surface area contributed by atoms with E-state index in [4.69, 9.17) is 14.2 Å². The monoisotopic (exact) mass is 527 g/mol. The van der Waals surface area contributed by atoms with E-state index in [0.717, 1.165) is 27.8 Å². The highest BCUT2D eigenvalue weighted by atomic mass is 19.1. The molecule has 2 aromatic carbocycles. The number of aryl methyl sites for hydroxylation is 1. The van der Waals surface area contributed by atoms with Crippen molar-refractivity contribution in [2.75, 3.05) is 19.8 Å². The number of pyridine rings is 1. The molecule has 1 saturated heterocycles. The van der Waals surface area contributed by atoms with Gasteiger partial charge in [0.2, 0.25) is 5.88 Å². The second kappa shape index (κ2) is 11.2. The number of hydrogen-bond acceptors (Lipinski definition) is 5. The van der Waals surface area contributed by atoms with Crippen LogP contribution in [0.1, 0.15) is 67.9 Å². The molecule has 1 aromatic heterocycles. The summed E-state index contributed by atoms with van der Waals surface area (Å²) in [6.45, 7) is 9.48. The summed E-state index contributed by atoms with van der Waals surface area (Å²) in [4.78, 5) is 16.2. The third-order valence-electron chi connectivity index (χ3n) is 7.50. The van der Waals surface area contributed by atoms with Gasteiger partial charge < -0.3 is 14.2 Å². The molecule has 2 aliphatic rings. The Balaban J connectivity index is 1.34. The van der Waals surface area contributed by atoms with Gasteiger partial charge in [-0.25, -0.2) is 9.37 Å². The Hall–Kier alpha value is -3.69. The molecule has 0 N–H and O–H groups in total. The number of rotatable bonds is 9. The lowest BCUT2D eigenvalue weighted by atomic mass is 9.90. The lowest BCUT2D eigenvalue weighted by molar-refractivity contribution is -0.120. The summed E-state index contributed by atoms with van der Waals surface area (Å²) in [5.41, 5.74) is 5.57. The molecule has 1 aliphatic heterocycles. The SMILES string of the molecule is CC#C[C@@H](CC(C)=O)c1ccc(O[C@@H]2CCc3c(-c4cnc(OCC5(C)COC5)cc4C)ccc(F)c32)cc1. The highest BCUT2D eigenvalue weighted by molar-refractivity contribution is 5.77. The van der Waals surface area contributed by atoms with E-state index in [1.54, 1.807) is 13.8 Å². The van der Waals surface area contributed by atoms with Crippen molar-refractivity contribution < 1.29 is 23.4 Å². The van der Waals surface area contributed by atoms with Crippen LogP contribution in [0.2, 0.25) is 0 Å². The molecule has 2 atom stereocenters. The zero-order chi connectivity index (χ0) is 27.6. The van der Waals surface area contributed by atoms with Gasteiger partial charge in [-0.15, -0.1) is 5.92 Å². The maximum absolute atomic E-state index is 15.2. The van der Waals surface area contributed by atoms with Gasteiger partial charge >= 0.3 is 0 Å². The molecule has 2 heterocycles. The zero-order valence-corrected chi connectivity index (χ0v) is 23.0. The maximum atomic E-state index is 15.2. The fourth-order valence-corrected chi connectivity index (χ4v) is 5.37. The van der Waals surface area contributed by atoms with Crippen molar-refractivity contribution in [1.29, 1.82) is 0 Å². The van der Waals surface area contributed by atoms with Crippen molar-refractivity contribution in [3.05, 3.63) is 76.7 Å². The van der Waals surface area contributed by atoms with Crippen LogP contribution in [-0.4, -0.2) is 30.6 Å². The number of carbonyl (C=O) groups is 1. The Morgan fingerprint density at radius 1 is 1.21 bits per heavy atom. The number of fused-ring (bicyclic) bond motifs is 1. The Bertz CT molecular complexity index is 1430. The average Bonchev–Trinajstić information content (AvgIpc) is 3.31. The molecule has 0 saturated carbocycles. The zero-order valence-electron chi connectivity index (χ0n) is 23.0. The summed E-state index contributed by atoms with van der Waals surface area (Å²) in [5.74, 6) is 6.98. The molecule has 39 heavy (non-hydrogen) atoms. The Morgan fingerprint density at radius 3 is 2.62 bits per heavy atom. The van der Waals surface area contributed by atoms with Crippen LogP contribution in [0.4, 0.5) is 4.39 Å². The van der Waals surface area contributed by atoms with Crippen molar-refractivity contribution in [3.63, 3.8) is 0 Å². The van der Waals surface area contributed by atoms with E-state index in [9.17, 15) is 4.79 Å². The topological polar surface area (TPSA) is 57.7 Å². The van der Waals surface area contributed by atoms with E-state index >= 15 is 4.39 Å². The largest absolute Gasteiger partial charge is 0.486 e. The predicted molar refractivity (Wildman–Crippen MR) is 148 cm³/mol. The summed E-state index contributed by atoms with van der Waals surface area (Å²) >= 11 is 0. The molecule has 0 radical (unpaired) electrons. The molecule has 1 aliphatic carbocycles. The Kier molecular flexibility index (Phi) is 7.72. The normalized spacial score (nSPS) is 17.8. The van der Waals surface area contributed by atoms with Crippen molar-refractivity contribution >= 4 is 5.78 Å². The highest BCUT2D eigenvalue weighted by Gasteiger charge is 2.34. The van der Waals surface area contributed by atoms with Crippen LogP contribution in [0, 0.1) is 30.0 Å². The van der Waals surface area contributed by atoms with Gasteiger partial charge in [-0.3, -0.25) is 4.79 Å². The van der Waals surface area contributed by atoms with Crippen LogP contribution in [0.3, 0.4) is 0 Å². The number of aromatic nitrogens is 1. The average molecular weight is 528 g/mol. The smallest absolute Gasteiger partial charge is 0.213 e. The number of benzene rings is 2. The molecular formula is C33H34FNO4. The third-order valence-corrected chi connectivity index (χ3v) is 7.50. The van der Waals surface area contributed by atoms with Crippen molar-refractivity contribution in [2.45, 2.75) is 59.0 Å². The summed E-state index contributed by atoms with van der Waals surface area (Å²) < 4.78 is 32.7. The molecule has 3 aromatic rings. The van der Waals surface area contributed by atoms with E-state index < -0.39 is 0 Å². The summed E-state index contributed by atoms with van der Waals surface area (Å²) in [6.07, 6.45) is 3.22. The number of Topliss-reactive ketones (excluding diaryl/α,β-unsaturated/α-hetero) is 1. The van der Waals surface area contributed by atoms with E-state index in [2.05, 4.69) is 23.7 Å². The van der Waals surface area contributed by atoms with Crippen LogP contribution in [0.15, 0.2) is 48.7 Å². The van der Waals surface area contributed by atoms with Gasteiger partial charge in [0.25, 0.3) is 0 Å². The summed E-state index contributed by atoms with van der Waals surface area (Å²) in [5, 5.41) is 0. The van der Waals surface area contributed by atoms with Crippen LogP contribution < -0.4 is 9.47 Å². The fourth-order valence-electron chi connectivity index (χ4n) is 5.37. The van der Waals surface area contributed by atoms with Gasteiger partial charge in [0.15, 0.2) is 0 Å². The van der Waals surface area contributed by atoms with E-state index in [0.29, 0.717) is 56.3 Å². The third kappa shape index (κ3) is 5.84. The van der Waals surface area contributed by atoms with E-state index in [1.165, 1.54) is 6.07 Å². The summed E-state index contributed by atoms with van der Waals surface area (Å²) in [7, 11) is 0. The number of carbonyl (C=O) groups excluding carboxylic acids is 1. The number of ketones is 1. The first-order chi connectivity index (χ1) is 18.8. The molecule has 5 rings (SSSR count). The van der Waals surface area contributed by atoms with Gasteiger partial charge in [0, 0.05) is 35.2 Å². The lowest BCUT2D eigenvalue weighted by Gasteiger charge is -2.37.